The summed E-state index contributed by atoms with van der Waals surface area (Å²) < 4.78 is 0. The summed E-state index contributed by atoms with van der Waals surface area (Å²) in [6.45, 7) is 0. The van der Waals surface area contributed by atoms with E-state index in [4.69, 9.17) is 0 Å². The molecule has 2 rings (SSSR count). The number of allylic oxidation sites excluding steroid dienone is 1. The maximum absolute atomic E-state index is 11.8. The number of phenols is 1. The summed E-state index contributed by atoms with van der Waals surface area (Å²) in [5, 5.41) is 20.4. The minimum atomic E-state index is -0.675. The highest BCUT2D eigenvalue weighted by molar-refractivity contribution is 6.06. The molecule has 0 unspecified atom stereocenters. The number of benzene rings is 2. The largest absolute Gasteiger partial charge is 0.502 e. The van der Waals surface area contributed by atoms with Gasteiger partial charge in [-0.15, -0.1) is 0 Å². The standard InChI is InChI=1S/C15H11NO4/c17-14(11-5-2-1-3-6-11)10-9-12-7-4-8-13(15(12)18)16(19)20/h1-10,18H/b10-9+. The number of para-hydroxylation sites is 1. The van der Waals surface area contributed by atoms with Crippen molar-refractivity contribution in [2.45, 2.75) is 0 Å². The van der Waals surface area contributed by atoms with Crippen molar-refractivity contribution in [1.29, 1.82) is 0 Å². The lowest BCUT2D eigenvalue weighted by molar-refractivity contribution is -0.385. The summed E-state index contributed by atoms with van der Waals surface area (Å²) >= 11 is 0. The van der Waals surface area contributed by atoms with Crippen molar-refractivity contribution in [2.24, 2.45) is 0 Å². The van der Waals surface area contributed by atoms with E-state index in [1.807, 2.05) is 0 Å². The third kappa shape index (κ3) is 2.89. The van der Waals surface area contributed by atoms with Crippen molar-refractivity contribution in [1.82, 2.24) is 0 Å². The number of hydrogen-bond donors (Lipinski definition) is 1. The molecule has 100 valence electrons. The summed E-state index contributed by atoms with van der Waals surface area (Å²) in [4.78, 5) is 21.9. The highest BCUT2D eigenvalue weighted by Gasteiger charge is 2.14. The van der Waals surface area contributed by atoms with Crippen LogP contribution in [0.25, 0.3) is 6.08 Å². The Hall–Kier alpha value is -2.95. The lowest BCUT2D eigenvalue weighted by Gasteiger charge is -2.00. The molecule has 0 fully saturated rings. The van der Waals surface area contributed by atoms with Gasteiger partial charge in [0.25, 0.3) is 0 Å². The first-order valence-electron chi connectivity index (χ1n) is 5.83. The quantitative estimate of drug-likeness (QED) is 0.400. The Morgan fingerprint density at radius 3 is 2.45 bits per heavy atom. The van der Waals surface area contributed by atoms with Crippen LogP contribution in [0, 0.1) is 10.1 Å². The first-order valence-corrected chi connectivity index (χ1v) is 5.83. The number of rotatable bonds is 4. The van der Waals surface area contributed by atoms with E-state index in [2.05, 4.69) is 0 Å². The van der Waals surface area contributed by atoms with Crippen LogP contribution in [0.5, 0.6) is 5.75 Å². The van der Waals surface area contributed by atoms with Crippen LogP contribution in [0.15, 0.2) is 54.6 Å². The Morgan fingerprint density at radius 2 is 1.80 bits per heavy atom. The molecule has 0 atom stereocenters. The molecule has 5 heteroatoms. The highest BCUT2D eigenvalue weighted by Crippen LogP contribution is 2.30. The molecule has 0 spiro atoms. The fourth-order valence-electron chi connectivity index (χ4n) is 1.69. The molecule has 0 heterocycles. The van der Waals surface area contributed by atoms with Crippen LogP contribution in [0.4, 0.5) is 5.69 Å². The first kappa shape index (κ1) is 13.5. The monoisotopic (exact) mass is 269 g/mol. The summed E-state index contributed by atoms with van der Waals surface area (Å²) in [5.41, 5.74) is 0.344. The molecule has 1 N–H and O–H groups in total. The van der Waals surface area contributed by atoms with Gasteiger partial charge in [0.05, 0.1) is 4.92 Å². The number of carbonyl (C=O) groups is 1. The minimum absolute atomic E-state index is 0.225. The van der Waals surface area contributed by atoms with Gasteiger partial charge in [-0.25, -0.2) is 0 Å². The second-order valence-corrected chi connectivity index (χ2v) is 4.04. The summed E-state index contributed by atoms with van der Waals surface area (Å²) in [6, 6.07) is 12.8. The van der Waals surface area contributed by atoms with Gasteiger partial charge >= 0.3 is 5.69 Å². The van der Waals surface area contributed by atoms with Gasteiger partial charge in [-0.2, -0.15) is 0 Å². The average molecular weight is 269 g/mol. The molecular weight excluding hydrogens is 258 g/mol. The van der Waals surface area contributed by atoms with Crippen molar-refractivity contribution >= 4 is 17.5 Å². The predicted octanol–water partition coefficient (Wildman–Crippen LogP) is 3.20. The molecule has 20 heavy (non-hydrogen) atoms. The SMILES string of the molecule is O=C(/C=C/c1cccc([N+](=O)[O-])c1O)c1ccccc1. The number of ketones is 1. The van der Waals surface area contributed by atoms with Crippen molar-refractivity contribution in [3.8, 4) is 5.75 Å². The van der Waals surface area contributed by atoms with Crippen molar-refractivity contribution < 1.29 is 14.8 Å². The van der Waals surface area contributed by atoms with E-state index < -0.39 is 10.7 Å². The lowest BCUT2D eigenvalue weighted by Crippen LogP contribution is -1.93. The van der Waals surface area contributed by atoms with E-state index in [0.29, 0.717) is 5.56 Å². The van der Waals surface area contributed by atoms with Crippen molar-refractivity contribution in [3.63, 3.8) is 0 Å². The van der Waals surface area contributed by atoms with Gasteiger partial charge in [-0.3, -0.25) is 14.9 Å². The molecule has 0 aliphatic heterocycles. The van der Waals surface area contributed by atoms with Crippen LogP contribution in [-0.2, 0) is 0 Å². The van der Waals surface area contributed by atoms with E-state index in [1.165, 1.54) is 30.4 Å². The smallest absolute Gasteiger partial charge is 0.311 e. The fraction of sp³-hybridized carbons (Fsp3) is 0. The molecule has 0 saturated heterocycles. The van der Waals surface area contributed by atoms with E-state index in [9.17, 15) is 20.0 Å². The fourth-order valence-corrected chi connectivity index (χ4v) is 1.69. The molecule has 0 amide bonds. The molecule has 5 nitrogen and oxygen atoms in total. The number of hydrogen-bond acceptors (Lipinski definition) is 4. The van der Waals surface area contributed by atoms with E-state index in [0.717, 1.165) is 0 Å². The van der Waals surface area contributed by atoms with E-state index in [1.54, 1.807) is 30.3 Å². The maximum Gasteiger partial charge on any atom is 0.311 e. The zero-order chi connectivity index (χ0) is 14.5. The van der Waals surface area contributed by atoms with Gasteiger partial charge in [0, 0.05) is 17.2 Å². The Bertz CT molecular complexity index is 678. The van der Waals surface area contributed by atoms with Crippen molar-refractivity contribution in [2.75, 3.05) is 0 Å². The number of carbonyl (C=O) groups excluding carboxylic acids is 1. The van der Waals surface area contributed by atoms with Crippen LogP contribution in [0.1, 0.15) is 15.9 Å². The topological polar surface area (TPSA) is 80.4 Å². The molecule has 0 aromatic heterocycles. The summed E-state index contributed by atoms with van der Waals surface area (Å²) in [6.07, 6.45) is 2.63. The molecule has 0 aliphatic carbocycles. The third-order valence-corrected chi connectivity index (χ3v) is 2.72. The molecular formula is C15H11NO4. The number of aromatic hydroxyl groups is 1. The molecule has 0 aliphatic rings. The maximum atomic E-state index is 11.8. The summed E-state index contributed by atoms with van der Waals surface area (Å²) in [7, 11) is 0. The molecule has 0 bridgehead atoms. The zero-order valence-electron chi connectivity index (χ0n) is 10.4. The molecule has 2 aromatic rings. The van der Waals surface area contributed by atoms with E-state index >= 15 is 0 Å². The zero-order valence-corrected chi connectivity index (χ0v) is 10.4. The van der Waals surface area contributed by atoms with Crippen LogP contribution in [-0.4, -0.2) is 15.8 Å². The van der Waals surface area contributed by atoms with Gasteiger partial charge < -0.3 is 5.11 Å². The number of nitro groups is 1. The molecule has 0 radical (unpaired) electrons. The third-order valence-electron chi connectivity index (χ3n) is 2.72. The molecule has 2 aromatic carbocycles. The van der Waals surface area contributed by atoms with Crippen LogP contribution in [0.2, 0.25) is 0 Å². The van der Waals surface area contributed by atoms with Gasteiger partial charge in [-0.1, -0.05) is 42.5 Å². The van der Waals surface area contributed by atoms with Crippen LogP contribution in [0.3, 0.4) is 0 Å². The summed E-state index contributed by atoms with van der Waals surface area (Å²) in [5.74, 6) is -0.689. The van der Waals surface area contributed by atoms with Crippen LogP contribution < -0.4 is 0 Å². The lowest BCUT2D eigenvalue weighted by atomic mass is 10.1. The van der Waals surface area contributed by atoms with Crippen LogP contribution >= 0.6 is 0 Å². The van der Waals surface area contributed by atoms with Gasteiger partial charge in [-0.05, 0) is 12.2 Å². The molecule has 0 saturated carbocycles. The first-order chi connectivity index (χ1) is 9.59. The number of nitrogens with zero attached hydrogens (tertiary/aromatic N) is 1. The minimum Gasteiger partial charge on any atom is -0.502 e. The number of phenolic OH excluding ortho intramolecular Hbond substituents is 1. The average Bonchev–Trinajstić information content (AvgIpc) is 2.46. The van der Waals surface area contributed by atoms with Crippen molar-refractivity contribution in [3.05, 3.63) is 75.8 Å². The second-order valence-electron chi connectivity index (χ2n) is 4.04. The van der Waals surface area contributed by atoms with E-state index in [-0.39, 0.29) is 17.0 Å². The Morgan fingerprint density at radius 1 is 1.10 bits per heavy atom. The second kappa shape index (κ2) is 5.79. The number of nitro benzene ring substituents is 1. The Balaban J connectivity index is 2.27. The van der Waals surface area contributed by atoms with Gasteiger partial charge in [0.2, 0.25) is 5.75 Å². The Labute approximate surface area is 115 Å². The highest BCUT2D eigenvalue weighted by atomic mass is 16.6. The predicted molar refractivity (Wildman–Crippen MR) is 74.6 cm³/mol. The van der Waals surface area contributed by atoms with Gasteiger partial charge in [0.15, 0.2) is 5.78 Å². The normalized spacial score (nSPS) is 10.6. The van der Waals surface area contributed by atoms with Gasteiger partial charge in [0.1, 0.15) is 0 Å². The Kier molecular flexibility index (Phi) is 3.91.